The highest BCUT2D eigenvalue weighted by atomic mass is 32.2. The molecule has 2 aromatic carbocycles. The average Bonchev–Trinajstić information content (AvgIpc) is 3.40. The first-order valence-corrected chi connectivity index (χ1v) is 18.4. The number of hydrogen-bond donors (Lipinski definition) is 0. The van der Waals surface area contributed by atoms with Crippen LogP contribution < -0.4 is 14.2 Å². The summed E-state index contributed by atoms with van der Waals surface area (Å²) in [6, 6.07) is 22.8. The molecule has 0 unspecified atom stereocenters. The molecule has 10 nitrogen and oxygen atoms in total. The lowest BCUT2D eigenvalue weighted by Gasteiger charge is -2.35. The topological polar surface area (TPSA) is 115 Å². The van der Waals surface area contributed by atoms with Crippen LogP contribution in [0.5, 0.6) is 17.5 Å². The standard InChI is InChI=1S/C39H40N4O6S/c1-27-7-11-33(12-8-27)50(44,45)47-20-6-4-3-5-19-46-39-24-30(15-18-41-39)48-31-22-32(23-31)49-38-14-10-29(25-42-38)28-9-13-34-35-26-40-17-16-36(35)43(2)37(34)21-28/h7-18,21,24-26,31-32H,3-6,19-20,22-23H2,1-2H3/t31-,32-. The Bertz CT molecular complexity index is 2180. The molecule has 0 bridgehead atoms. The van der Waals surface area contributed by atoms with Crippen molar-refractivity contribution in [1.29, 1.82) is 0 Å². The van der Waals surface area contributed by atoms with Crippen molar-refractivity contribution in [2.24, 2.45) is 7.05 Å². The van der Waals surface area contributed by atoms with Gasteiger partial charge in [0.25, 0.3) is 10.1 Å². The molecule has 0 spiro atoms. The van der Waals surface area contributed by atoms with Crippen LogP contribution in [0.15, 0.2) is 102 Å². The third kappa shape index (κ3) is 7.74. The number of hydrogen-bond acceptors (Lipinski definition) is 9. The van der Waals surface area contributed by atoms with Crippen LogP contribution in [0.25, 0.3) is 32.9 Å². The second kappa shape index (κ2) is 14.9. The molecule has 4 aromatic heterocycles. The van der Waals surface area contributed by atoms with E-state index in [1.807, 2.05) is 55.8 Å². The van der Waals surface area contributed by atoms with Gasteiger partial charge in [-0.15, -0.1) is 0 Å². The average molecular weight is 693 g/mol. The summed E-state index contributed by atoms with van der Waals surface area (Å²) in [7, 11) is -1.63. The van der Waals surface area contributed by atoms with E-state index >= 15 is 0 Å². The number of nitrogens with zero attached hydrogens (tertiary/aromatic N) is 4. The molecule has 258 valence electrons. The highest BCUT2D eigenvalue weighted by molar-refractivity contribution is 7.86. The number of aryl methyl sites for hydroxylation is 2. The molecule has 0 radical (unpaired) electrons. The van der Waals surface area contributed by atoms with Gasteiger partial charge in [0.15, 0.2) is 0 Å². The van der Waals surface area contributed by atoms with Gasteiger partial charge in [-0.25, -0.2) is 9.97 Å². The molecular formula is C39H40N4O6S. The molecule has 6 aromatic rings. The van der Waals surface area contributed by atoms with Crippen molar-refractivity contribution in [3.63, 3.8) is 0 Å². The van der Waals surface area contributed by atoms with Crippen molar-refractivity contribution < 1.29 is 26.8 Å². The predicted octanol–water partition coefficient (Wildman–Crippen LogP) is 7.83. The Hall–Kier alpha value is -5.00. The molecule has 7 rings (SSSR count). The van der Waals surface area contributed by atoms with Gasteiger partial charge >= 0.3 is 0 Å². The van der Waals surface area contributed by atoms with Gasteiger partial charge < -0.3 is 18.8 Å². The summed E-state index contributed by atoms with van der Waals surface area (Å²) in [5, 5.41) is 2.34. The molecule has 0 amide bonds. The SMILES string of the molecule is Cc1ccc(S(=O)(=O)OCCCCCCOc2cc(O[C@H]3C[C@H](Oc4ccc(-c5ccc6c7cnccc7n(C)c6c5)cn4)C3)ccn2)cc1. The van der Waals surface area contributed by atoms with E-state index in [0.29, 0.717) is 30.5 Å². The third-order valence-corrected chi connectivity index (χ3v) is 10.4. The number of pyridine rings is 3. The van der Waals surface area contributed by atoms with Crippen LogP contribution in [0.4, 0.5) is 0 Å². The maximum Gasteiger partial charge on any atom is 0.296 e. The fourth-order valence-electron chi connectivity index (χ4n) is 6.15. The van der Waals surface area contributed by atoms with E-state index in [1.165, 1.54) is 5.39 Å². The van der Waals surface area contributed by atoms with E-state index in [2.05, 4.69) is 44.8 Å². The van der Waals surface area contributed by atoms with Crippen LogP contribution in [0.3, 0.4) is 0 Å². The summed E-state index contributed by atoms with van der Waals surface area (Å²) in [6.07, 6.45) is 12.1. The van der Waals surface area contributed by atoms with Gasteiger partial charge in [0.05, 0.1) is 23.6 Å². The molecule has 0 atom stereocenters. The number of rotatable bonds is 15. The maximum atomic E-state index is 12.3. The number of fused-ring (bicyclic) bond motifs is 3. The molecule has 1 fully saturated rings. The Morgan fingerprint density at radius 2 is 1.50 bits per heavy atom. The molecule has 0 saturated heterocycles. The zero-order valence-corrected chi connectivity index (χ0v) is 29.0. The van der Waals surface area contributed by atoms with Gasteiger partial charge in [-0.1, -0.05) is 36.2 Å². The Morgan fingerprint density at radius 1 is 0.720 bits per heavy atom. The Kier molecular flexibility index (Phi) is 9.95. The number of aromatic nitrogens is 4. The second-order valence-corrected chi connectivity index (χ2v) is 14.3. The lowest BCUT2D eigenvalue weighted by atomic mass is 9.92. The lowest BCUT2D eigenvalue weighted by Crippen LogP contribution is -2.41. The highest BCUT2D eigenvalue weighted by Gasteiger charge is 2.33. The maximum absolute atomic E-state index is 12.3. The minimum atomic E-state index is -3.72. The Balaban J connectivity index is 0.804. The molecule has 1 saturated carbocycles. The summed E-state index contributed by atoms with van der Waals surface area (Å²) in [6.45, 7) is 2.59. The first-order valence-electron chi connectivity index (χ1n) is 17.0. The van der Waals surface area contributed by atoms with Crippen molar-refractivity contribution in [2.45, 2.75) is 62.6 Å². The van der Waals surface area contributed by atoms with Crippen LogP contribution in [0.1, 0.15) is 44.1 Å². The van der Waals surface area contributed by atoms with Gasteiger partial charge in [-0.05, 0) is 68.1 Å². The molecule has 4 heterocycles. The van der Waals surface area contributed by atoms with Crippen LogP contribution in [-0.2, 0) is 21.3 Å². The molecule has 1 aliphatic carbocycles. The summed E-state index contributed by atoms with van der Waals surface area (Å²) < 4.78 is 50.0. The van der Waals surface area contributed by atoms with Gasteiger partial charge in [-0.2, -0.15) is 8.42 Å². The van der Waals surface area contributed by atoms with Crippen molar-refractivity contribution in [1.82, 2.24) is 19.5 Å². The number of unbranched alkanes of at least 4 members (excludes halogenated alkanes) is 3. The van der Waals surface area contributed by atoms with E-state index in [-0.39, 0.29) is 23.7 Å². The van der Waals surface area contributed by atoms with E-state index in [9.17, 15) is 8.42 Å². The van der Waals surface area contributed by atoms with Gasteiger partial charge in [0.2, 0.25) is 11.8 Å². The summed E-state index contributed by atoms with van der Waals surface area (Å²) >= 11 is 0. The fraction of sp³-hybridized carbons (Fsp3) is 0.308. The first-order chi connectivity index (χ1) is 24.3. The Labute approximate surface area is 292 Å². The van der Waals surface area contributed by atoms with E-state index in [1.54, 1.807) is 30.5 Å². The van der Waals surface area contributed by atoms with Gasteiger partial charge in [0, 0.05) is 78.7 Å². The lowest BCUT2D eigenvalue weighted by molar-refractivity contribution is 0.00212. The molecule has 50 heavy (non-hydrogen) atoms. The zero-order valence-electron chi connectivity index (χ0n) is 28.2. The minimum Gasteiger partial charge on any atom is -0.490 e. The fourth-order valence-corrected chi connectivity index (χ4v) is 7.09. The largest absolute Gasteiger partial charge is 0.490 e. The molecule has 0 aliphatic heterocycles. The minimum absolute atomic E-state index is 0.0461. The quantitative estimate of drug-likeness (QED) is 0.0785. The third-order valence-electron chi connectivity index (χ3n) is 9.06. The molecule has 1 aliphatic rings. The predicted molar refractivity (Wildman–Crippen MR) is 192 cm³/mol. The van der Waals surface area contributed by atoms with Crippen molar-refractivity contribution in [3.05, 3.63) is 103 Å². The highest BCUT2D eigenvalue weighted by Crippen LogP contribution is 2.33. The first kappa shape index (κ1) is 33.5. The van der Waals surface area contributed by atoms with E-state index in [0.717, 1.165) is 65.2 Å². The molecule has 11 heteroatoms. The van der Waals surface area contributed by atoms with Crippen molar-refractivity contribution in [2.75, 3.05) is 13.2 Å². The number of ether oxygens (including phenoxy) is 3. The summed E-state index contributed by atoms with van der Waals surface area (Å²) in [4.78, 5) is 13.4. The zero-order chi connectivity index (χ0) is 34.5. The second-order valence-electron chi connectivity index (χ2n) is 12.7. The normalized spacial score (nSPS) is 16.0. The van der Waals surface area contributed by atoms with Gasteiger partial charge in [-0.3, -0.25) is 9.17 Å². The van der Waals surface area contributed by atoms with E-state index in [4.69, 9.17) is 18.4 Å². The van der Waals surface area contributed by atoms with Crippen LogP contribution >= 0.6 is 0 Å². The number of benzene rings is 2. The molecular weight excluding hydrogens is 653 g/mol. The van der Waals surface area contributed by atoms with E-state index < -0.39 is 10.1 Å². The smallest absolute Gasteiger partial charge is 0.296 e. The van der Waals surface area contributed by atoms with Crippen molar-refractivity contribution in [3.8, 4) is 28.6 Å². The molecule has 0 N–H and O–H groups in total. The van der Waals surface area contributed by atoms with Crippen LogP contribution in [0.2, 0.25) is 0 Å². The van der Waals surface area contributed by atoms with Crippen molar-refractivity contribution >= 4 is 31.9 Å². The Morgan fingerprint density at radius 3 is 2.30 bits per heavy atom. The summed E-state index contributed by atoms with van der Waals surface area (Å²) in [5.74, 6) is 1.84. The van der Waals surface area contributed by atoms with Crippen LogP contribution in [-0.4, -0.2) is 53.4 Å². The van der Waals surface area contributed by atoms with Gasteiger partial charge in [0.1, 0.15) is 18.0 Å². The monoisotopic (exact) mass is 692 g/mol. The van der Waals surface area contributed by atoms with Crippen LogP contribution in [0, 0.1) is 6.92 Å². The summed E-state index contributed by atoms with van der Waals surface area (Å²) in [5.41, 5.74) is 5.45.